The van der Waals surface area contributed by atoms with Crippen molar-refractivity contribution in [2.24, 2.45) is 7.05 Å². The summed E-state index contributed by atoms with van der Waals surface area (Å²) in [5.74, 6) is 0.538. The quantitative estimate of drug-likeness (QED) is 0.353. The molecule has 168 valence electrons. The number of nitrogens with zero attached hydrogens (tertiary/aromatic N) is 3. The molecule has 6 bridgehead atoms. The molecule has 34 heavy (non-hydrogen) atoms. The summed E-state index contributed by atoms with van der Waals surface area (Å²) in [5, 5.41) is 15.0. The summed E-state index contributed by atoms with van der Waals surface area (Å²) < 4.78 is 7.92. The van der Waals surface area contributed by atoms with E-state index in [1.807, 2.05) is 60.3 Å². The minimum Gasteiger partial charge on any atom is -0.492 e. The van der Waals surface area contributed by atoms with Crippen LogP contribution in [0.2, 0.25) is 5.02 Å². The Kier molecular flexibility index (Phi) is 4.90. The zero-order chi connectivity index (χ0) is 23.3. The van der Waals surface area contributed by atoms with Gasteiger partial charge in [0.05, 0.1) is 35.5 Å². The van der Waals surface area contributed by atoms with Gasteiger partial charge in [-0.2, -0.15) is 0 Å². The standard InChI is InChI=1S/C28H22ClN3O2/c1-32-17-30-16-26(32)28(33)21-6-5-19-9-11-31-27(23(19)14-21)20-4-2-3-18(13-20)10-12-34-25-15-22(28)7-8-24(25)29/h2-9,11,13-17,33H,10,12H2,1H3. The summed E-state index contributed by atoms with van der Waals surface area (Å²) in [6.07, 6.45) is 5.92. The number of fused-ring (bicyclic) bond motifs is 6. The summed E-state index contributed by atoms with van der Waals surface area (Å²) in [6.45, 7) is 0.458. The van der Waals surface area contributed by atoms with E-state index in [0.717, 1.165) is 34.0 Å². The predicted octanol–water partition coefficient (Wildman–Crippen LogP) is 5.51. The maximum absolute atomic E-state index is 12.4. The van der Waals surface area contributed by atoms with Gasteiger partial charge in [0.2, 0.25) is 0 Å². The van der Waals surface area contributed by atoms with Crippen LogP contribution >= 0.6 is 11.6 Å². The number of imidazole rings is 1. The first-order chi connectivity index (χ1) is 16.5. The van der Waals surface area contributed by atoms with Crippen LogP contribution in [-0.4, -0.2) is 26.2 Å². The van der Waals surface area contributed by atoms with Crippen LogP contribution in [0, 0.1) is 0 Å². The average Bonchev–Trinajstić information content (AvgIpc) is 3.30. The van der Waals surface area contributed by atoms with Crippen molar-refractivity contribution in [3.63, 3.8) is 0 Å². The Morgan fingerprint density at radius 2 is 1.88 bits per heavy atom. The van der Waals surface area contributed by atoms with E-state index < -0.39 is 5.60 Å². The third-order valence-corrected chi connectivity index (χ3v) is 6.88. The molecule has 0 amide bonds. The number of aliphatic hydroxyl groups is 1. The van der Waals surface area contributed by atoms with Crippen molar-refractivity contribution in [2.75, 3.05) is 6.61 Å². The second-order valence-corrected chi connectivity index (χ2v) is 9.05. The molecule has 5 aromatic rings. The number of rotatable bonds is 1. The summed E-state index contributed by atoms with van der Waals surface area (Å²) in [7, 11) is 1.87. The molecule has 1 atom stereocenters. The van der Waals surface area contributed by atoms with Gasteiger partial charge in [-0.15, -0.1) is 0 Å². The topological polar surface area (TPSA) is 60.2 Å². The second kappa shape index (κ2) is 7.97. The van der Waals surface area contributed by atoms with Crippen molar-refractivity contribution in [1.29, 1.82) is 0 Å². The molecule has 1 unspecified atom stereocenters. The highest BCUT2D eigenvalue weighted by atomic mass is 35.5. The Bertz CT molecular complexity index is 1540. The van der Waals surface area contributed by atoms with Gasteiger partial charge in [0.1, 0.15) is 5.75 Å². The van der Waals surface area contributed by atoms with E-state index in [1.54, 1.807) is 18.6 Å². The van der Waals surface area contributed by atoms with Crippen LogP contribution in [0.1, 0.15) is 22.4 Å². The Morgan fingerprint density at radius 1 is 1.03 bits per heavy atom. The molecule has 5 nitrogen and oxygen atoms in total. The number of hydrogen-bond donors (Lipinski definition) is 1. The maximum Gasteiger partial charge on any atom is 0.157 e. The van der Waals surface area contributed by atoms with E-state index in [0.29, 0.717) is 34.2 Å². The van der Waals surface area contributed by atoms with Crippen molar-refractivity contribution < 1.29 is 9.84 Å². The molecule has 6 rings (SSSR count). The van der Waals surface area contributed by atoms with Gasteiger partial charge in [-0.25, -0.2) is 4.98 Å². The summed E-state index contributed by atoms with van der Waals surface area (Å²) in [5.41, 5.74) is 3.57. The normalized spacial score (nSPS) is 17.4. The van der Waals surface area contributed by atoms with Crippen molar-refractivity contribution in [3.05, 3.63) is 113 Å². The predicted molar refractivity (Wildman–Crippen MR) is 133 cm³/mol. The zero-order valence-electron chi connectivity index (χ0n) is 18.6. The molecule has 0 radical (unpaired) electrons. The fraction of sp³-hybridized carbons (Fsp3) is 0.143. The Labute approximate surface area is 202 Å². The summed E-state index contributed by atoms with van der Waals surface area (Å²) in [4.78, 5) is 9.01. The van der Waals surface area contributed by atoms with E-state index >= 15 is 0 Å². The van der Waals surface area contributed by atoms with Crippen molar-refractivity contribution >= 4 is 22.4 Å². The number of ether oxygens (including phenoxy) is 1. The van der Waals surface area contributed by atoms with Gasteiger partial charge < -0.3 is 14.4 Å². The third-order valence-electron chi connectivity index (χ3n) is 6.57. The molecule has 1 aliphatic rings. The highest BCUT2D eigenvalue weighted by Crippen LogP contribution is 2.41. The highest BCUT2D eigenvalue weighted by molar-refractivity contribution is 6.32. The summed E-state index contributed by atoms with van der Waals surface area (Å²) in [6, 6.07) is 21.8. The molecule has 1 N–H and O–H groups in total. The average molecular weight is 468 g/mol. The molecule has 2 aromatic heterocycles. The largest absolute Gasteiger partial charge is 0.492 e. The lowest BCUT2D eigenvalue weighted by Gasteiger charge is -2.30. The number of halogens is 1. The number of aromatic nitrogens is 3. The SMILES string of the molecule is Cn1cncc1C1(O)c2ccc(Cl)c(c2)OCCc2cccc(c2)-c2nccc3ccc1cc23. The van der Waals surface area contributed by atoms with Gasteiger partial charge in [-0.1, -0.05) is 48.0 Å². The first-order valence-corrected chi connectivity index (χ1v) is 11.5. The summed E-state index contributed by atoms with van der Waals surface area (Å²) >= 11 is 6.48. The molecule has 0 fully saturated rings. The van der Waals surface area contributed by atoms with Crippen LogP contribution in [0.4, 0.5) is 0 Å². The lowest BCUT2D eigenvalue weighted by atomic mass is 9.82. The Morgan fingerprint density at radius 3 is 2.74 bits per heavy atom. The van der Waals surface area contributed by atoms with Gasteiger partial charge >= 0.3 is 0 Å². The lowest BCUT2D eigenvalue weighted by Crippen LogP contribution is -2.31. The molecule has 0 aliphatic carbocycles. The van der Waals surface area contributed by atoms with Crippen LogP contribution in [0.25, 0.3) is 22.0 Å². The van der Waals surface area contributed by atoms with Crippen molar-refractivity contribution in [2.45, 2.75) is 12.0 Å². The second-order valence-electron chi connectivity index (χ2n) is 8.64. The van der Waals surface area contributed by atoms with Crippen LogP contribution in [0.15, 0.2) is 85.5 Å². The van der Waals surface area contributed by atoms with Gasteiger partial charge in [-0.3, -0.25) is 4.98 Å². The molecule has 3 aromatic carbocycles. The minimum absolute atomic E-state index is 0.458. The van der Waals surface area contributed by atoms with Gasteiger partial charge in [-0.05, 0) is 52.4 Å². The van der Waals surface area contributed by atoms with E-state index in [2.05, 4.69) is 23.2 Å². The number of pyridine rings is 1. The molecule has 0 saturated carbocycles. The minimum atomic E-state index is -1.48. The number of aryl methyl sites for hydroxylation is 1. The Hall–Kier alpha value is -3.67. The Balaban J connectivity index is 1.71. The van der Waals surface area contributed by atoms with Crippen LogP contribution in [0.5, 0.6) is 5.75 Å². The van der Waals surface area contributed by atoms with Gasteiger partial charge in [0.25, 0.3) is 0 Å². The smallest absolute Gasteiger partial charge is 0.157 e. The van der Waals surface area contributed by atoms with Crippen LogP contribution < -0.4 is 4.74 Å². The third kappa shape index (κ3) is 3.28. The molecule has 1 aliphatic heterocycles. The van der Waals surface area contributed by atoms with Gasteiger partial charge in [0.15, 0.2) is 5.60 Å². The van der Waals surface area contributed by atoms with E-state index in [1.165, 1.54) is 0 Å². The fourth-order valence-electron chi connectivity index (χ4n) is 4.78. The molecule has 3 heterocycles. The van der Waals surface area contributed by atoms with E-state index in [4.69, 9.17) is 21.3 Å². The number of hydrogen-bond acceptors (Lipinski definition) is 4. The highest BCUT2D eigenvalue weighted by Gasteiger charge is 2.37. The molecular formula is C28H22ClN3O2. The lowest BCUT2D eigenvalue weighted by molar-refractivity contribution is 0.117. The first-order valence-electron chi connectivity index (χ1n) is 11.1. The van der Waals surface area contributed by atoms with E-state index in [9.17, 15) is 5.11 Å². The van der Waals surface area contributed by atoms with Crippen LogP contribution in [-0.2, 0) is 19.1 Å². The first kappa shape index (κ1) is 20.9. The fourth-order valence-corrected chi connectivity index (χ4v) is 4.96. The number of benzene rings is 3. The van der Waals surface area contributed by atoms with Gasteiger partial charge in [0, 0.05) is 30.6 Å². The zero-order valence-corrected chi connectivity index (χ0v) is 19.3. The molecule has 0 spiro atoms. The van der Waals surface area contributed by atoms with Crippen molar-refractivity contribution in [3.8, 4) is 17.0 Å². The molecular weight excluding hydrogens is 446 g/mol. The van der Waals surface area contributed by atoms with E-state index in [-0.39, 0.29) is 0 Å². The van der Waals surface area contributed by atoms with Crippen LogP contribution in [0.3, 0.4) is 0 Å². The molecule has 6 heteroatoms. The molecule has 0 saturated heterocycles. The van der Waals surface area contributed by atoms with Crippen molar-refractivity contribution in [1.82, 2.24) is 14.5 Å². The monoisotopic (exact) mass is 467 g/mol. The maximum atomic E-state index is 12.4.